The molecule has 3 radical (unpaired) electrons. The van der Waals surface area contributed by atoms with E-state index in [1.54, 1.807) is 0 Å². The van der Waals surface area contributed by atoms with Crippen LogP contribution in [-0.4, -0.2) is 68.8 Å². The molecule has 0 saturated carbocycles. The third-order valence-corrected chi connectivity index (χ3v) is 6.82. The standard InChI is InChI=1S/C15H25N2O4S.Pb/c1-6-8-14(7-2)22(20,21)17(11-12(3)4)10-9-13(5)16-15(18)19;/h6-8,12-13,16H,1-2,5,9-11H2,3-4H3,(H,18,19);/b14-8+;/t13-;/m0./s1. The molecule has 0 rings (SSSR count). The summed E-state index contributed by atoms with van der Waals surface area (Å²) in [4.78, 5) is 10.9. The fraction of sp³-hybridized carbons (Fsp3) is 0.533. The van der Waals surface area contributed by atoms with Crippen molar-refractivity contribution in [1.29, 1.82) is 0 Å². The monoisotopic (exact) mass is 537 g/mol. The Morgan fingerprint density at radius 1 is 1.39 bits per heavy atom. The fourth-order valence-electron chi connectivity index (χ4n) is 1.94. The van der Waals surface area contributed by atoms with Gasteiger partial charge in [-0.2, -0.15) is 0 Å². The first kappa shape index (κ1) is 22.3. The van der Waals surface area contributed by atoms with E-state index in [2.05, 4.69) is 18.5 Å². The van der Waals surface area contributed by atoms with Gasteiger partial charge in [-0.25, -0.2) is 0 Å². The van der Waals surface area contributed by atoms with Crippen LogP contribution in [0.1, 0.15) is 20.3 Å². The third kappa shape index (κ3) is 8.11. The predicted molar refractivity (Wildman–Crippen MR) is 93.9 cm³/mol. The zero-order valence-electron chi connectivity index (χ0n) is 13.7. The summed E-state index contributed by atoms with van der Waals surface area (Å²) in [6.45, 7) is 11.6. The number of nitrogens with zero attached hydrogens (tertiary/aromatic N) is 1. The van der Waals surface area contributed by atoms with Crippen LogP contribution in [0.4, 0.5) is 4.79 Å². The number of carbonyl (C=O) groups is 1. The van der Waals surface area contributed by atoms with Gasteiger partial charge >= 0.3 is 155 Å². The topological polar surface area (TPSA) is 86.7 Å². The molecule has 129 valence electrons. The van der Waals surface area contributed by atoms with Crippen LogP contribution in [0.25, 0.3) is 0 Å². The molecule has 0 heterocycles. The summed E-state index contributed by atoms with van der Waals surface area (Å²) in [5, 5.41) is 11.3. The Morgan fingerprint density at radius 3 is 2.39 bits per heavy atom. The summed E-state index contributed by atoms with van der Waals surface area (Å²) in [5.74, 6) is 0.154. The fourth-order valence-corrected chi connectivity index (χ4v) is 4.75. The van der Waals surface area contributed by atoms with Gasteiger partial charge < -0.3 is 0 Å². The van der Waals surface area contributed by atoms with E-state index in [1.807, 2.05) is 13.8 Å². The molecule has 0 aromatic heterocycles. The van der Waals surface area contributed by atoms with E-state index in [-0.39, 0.29) is 23.4 Å². The van der Waals surface area contributed by atoms with Crippen molar-refractivity contribution in [3.05, 3.63) is 36.3 Å². The van der Waals surface area contributed by atoms with Gasteiger partial charge in [0.15, 0.2) is 0 Å². The molecule has 0 saturated heterocycles. The maximum absolute atomic E-state index is 12.7. The molecule has 0 aromatic carbocycles. The van der Waals surface area contributed by atoms with E-state index in [0.717, 1.165) is 29.7 Å². The second-order valence-electron chi connectivity index (χ2n) is 5.40. The molecule has 8 heteroatoms. The van der Waals surface area contributed by atoms with Gasteiger partial charge in [-0.15, -0.1) is 0 Å². The zero-order valence-corrected chi connectivity index (χ0v) is 18.4. The Morgan fingerprint density at radius 2 is 2.00 bits per heavy atom. The van der Waals surface area contributed by atoms with E-state index in [4.69, 9.17) is 5.11 Å². The summed E-state index contributed by atoms with van der Waals surface area (Å²) >= 11 is 0.839. The molecule has 0 aromatic rings. The third-order valence-electron chi connectivity index (χ3n) is 2.99. The summed E-state index contributed by atoms with van der Waals surface area (Å²) in [7, 11) is -3.66. The first-order valence-corrected chi connectivity index (χ1v) is 11.5. The van der Waals surface area contributed by atoms with Crippen molar-refractivity contribution in [1.82, 2.24) is 9.62 Å². The van der Waals surface area contributed by atoms with Crippen LogP contribution in [0, 0.1) is 5.92 Å². The molecule has 0 fully saturated rings. The van der Waals surface area contributed by atoms with Crippen LogP contribution >= 0.6 is 0 Å². The number of amides is 1. The minimum absolute atomic E-state index is 0.0989. The van der Waals surface area contributed by atoms with Gasteiger partial charge in [0.05, 0.1) is 0 Å². The van der Waals surface area contributed by atoms with E-state index in [9.17, 15) is 13.2 Å². The quantitative estimate of drug-likeness (QED) is 0.313. The van der Waals surface area contributed by atoms with Gasteiger partial charge in [-0.3, -0.25) is 0 Å². The van der Waals surface area contributed by atoms with Crippen molar-refractivity contribution in [2.45, 2.75) is 30.3 Å². The van der Waals surface area contributed by atoms with Crippen LogP contribution in [0.15, 0.2) is 36.3 Å². The van der Waals surface area contributed by atoms with Crippen molar-refractivity contribution in [3.63, 3.8) is 0 Å². The number of rotatable bonds is 11. The van der Waals surface area contributed by atoms with E-state index < -0.39 is 16.1 Å². The Kier molecular flexibility index (Phi) is 10.7. The number of sulfonamides is 1. The molecule has 0 spiro atoms. The van der Waals surface area contributed by atoms with Gasteiger partial charge in [0, 0.05) is 0 Å². The van der Waals surface area contributed by atoms with Crippen molar-refractivity contribution >= 4 is 41.9 Å². The van der Waals surface area contributed by atoms with Gasteiger partial charge in [-0.1, -0.05) is 0 Å². The van der Waals surface area contributed by atoms with Crippen LogP contribution in [0.2, 0.25) is 3.98 Å². The molecule has 0 aliphatic rings. The van der Waals surface area contributed by atoms with Crippen molar-refractivity contribution < 1.29 is 18.3 Å². The van der Waals surface area contributed by atoms with Crippen molar-refractivity contribution in [2.24, 2.45) is 5.92 Å². The molecule has 1 amide bonds. The van der Waals surface area contributed by atoms with Crippen LogP contribution < -0.4 is 5.32 Å². The Hall–Kier alpha value is -0.678. The first-order valence-electron chi connectivity index (χ1n) is 7.28. The van der Waals surface area contributed by atoms with Gasteiger partial charge in [-0.05, 0) is 0 Å². The van der Waals surface area contributed by atoms with Crippen LogP contribution in [0.3, 0.4) is 0 Å². The SMILES string of the molecule is C=C/C=C(\C=C)S(=O)(=O)N(CC[C@H]([CH2][Pb])NC(=O)O)CC(C)C. The number of nitrogens with one attached hydrogen (secondary N) is 1. The van der Waals surface area contributed by atoms with E-state index in [1.165, 1.54) is 22.5 Å². The molecular weight excluding hydrogens is 511 g/mol. The summed E-state index contributed by atoms with van der Waals surface area (Å²) in [6.07, 6.45) is 3.48. The molecule has 0 unspecified atom stereocenters. The van der Waals surface area contributed by atoms with Crippen LogP contribution in [-0.2, 0) is 10.0 Å². The minimum atomic E-state index is -3.66. The average molecular weight is 537 g/mol. The Bertz CT molecular complexity index is 544. The molecular formula is C15H25N2O4PbS. The van der Waals surface area contributed by atoms with E-state index in [0.29, 0.717) is 13.0 Å². The van der Waals surface area contributed by atoms with Crippen molar-refractivity contribution in [2.75, 3.05) is 13.1 Å². The predicted octanol–water partition coefficient (Wildman–Crippen LogP) is 2.14. The number of hydrogen-bond donors (Lipinski definition) is 2. The second-order valence-corrected chi connectivity index (χ2v) is 8.93. The van der Waals surface area contributed by atoms with Crippen molar-refractivity contribution in [3.8, 4) is 0 Å². The summed E-state index contributed by atoms with van der Waals surface area (Å²) in [5.41, 5.74) is 0. The molecule has 0 bridgehead atoms. The second kappa shape index (κ2) is 11.0. The number of carboxylic acid groups (broad SMARTS) is 1. The van der Waals surface area contributed by atoms with Gasteiger partial charge in [0.2, 0.25) is 0 Å². The normalized spacial score (nSPS) is 13.9. The maximum atomic E-state index is 12.7. The molecule has 0 aliphatic heterocycles. The number of allylic oxidation sites excluding steroid dienone is 3. The first-order chi connectivity index (χ1) is 10.7. The molecule has 23 heavy (non-hydrogen) atoms. The van der Waals surface area contributed by atoms with Crippen LogP contribution in [0.5, 0.6) is 0 Å². The molecule has 1 atom stereocenters. The number of hydrogen-bond acceptors (Lipinski definition) is 3. The Balaban J connectivity index is 5.28. The molecule has 0 aliphatic carbocycles. The molecule has 6 nitrogen and oxygen atoms in total. The van der Waals surface area contributed by atoms with E-state index >= 15 is 0 Å². The molecule has 2 N–H and O–H groups in total. The van der Waals surface area contributed by atoms with Gasteiger partial charge in [0.1, 0.15) is 0 Å². The average Bonchev–Trinajstić information content (AvgIpc) is 2.46. The summed E-state index contributed by atoms with van der Waals surface area (Å²) in [6, 6.07) is -0.223. The zero-order chi connectivity index (χ0) is 18.0. The summed E-state index contributed by atoms with van der Waals surface area (Å²) < 4.78 is 27.6. The Labute approximate surface area is 155 Å². The van der Waals surface area contributed by atoms with Gasteiger partial charge in [0.25, 0.3) is 0 Å².